The molecule has 0 atom stereocenters. The molecule has 0 unspecified atom stereocenters. The number of carboxylic acid groups (broad SMARTS) is 1. The van der Waals surface area contributed by atoms with Gasteiger partial charge < -0.3 is 5.11 Å². The summed E-state index contributed by atoms with van der Waals surface area (Å²) in [6.07, 6.45) is 1.52. The van der Waals surface area contributed by atoms with Gasteiger partial charge in [0, 0.05) is 15.4 Å². The number of para-hydroxylation sites is 1. The number of halogens is 2. The molecule has 2 rings (SSSR count). The number of aromatic carboxylic acids is 1. The summed E-state index contributed by atoms with van der Waals surface area (Å²) in [6, 6.07) is 5.63. The molecule has 0 saturated heterocycles. The Kier molecular flexibility index (Phi) is 4.36. The minimum atomic E-state index is -1.13. The molecule has 100 valence electrons. The molecule has 0 aliphatic heterocycles. The van der Waals surface area contributed by atoms with Gasteiger partial charge in [-0.15, -0.1) is 5.10 Å². The fourth-order valence-electron chi connectivity index (χ4n) is 1.69. The van der Waals surface area contributed by atoms with E-state index in [0.717, 1.165) is 21.1 Å². The predicted molar refractivity (Wildman–Crippen MR) is 77.7 cm³/mol. The molecule has 0 bridgehead atoms. The van der Waals surface area contributed by atoms with E-state index in [2.05, 4.69) is 41.9 Å². The number of nitrogens with zero attached hydrogens (tertiary/aromatic N) is 3. The Labute approximate surface area is 126 Å². The summed E-state index contributed by atoms with van der Waals surface area (Å²) in [5.41, 5.74) is 0.756. The summed E-state index contributed by atoms with van der Waals surface area (Å²) < 4.78 is 3.21. The van der Waals surface area contributed by atoms with Crippen molar-refractivity contribution in [2.24, 2.45) is 0 Å². The van der Waals surface area contributed by atoms with Crippen LogP contribution in [0.5, 0.6) is 0 Å². The molecule has 0 aliphatic carbocycles. The highest BCUT2D eigenvalue weighted by Gasteiger charge is 2.18. The van der Waals surface area contributed by atoms with Gasteiger partial charge in [0.05, 0.1) is 5.69 Å². The monoisotopic (exact) mass is 387 g/mol. The van der Waals surface area contributed by atoms with Crippen molar-refractivity contribution < 1.29 is 9.90 Å². The van der Waals surface area contributed by atoms with Gasteiger partial charge >= 0.3 is 5.97 Å². The maximum atomic E-state index is 11.0. The summed E-state index contributed by atoms with van der Waals surface area (Å²) in [7, 11) is 0. The average molecular weight is 389 g/mol. The SMILES string of the molecule is CCCc1nc(C(=O)O)nn1-c1c(Br)cccc1Br. The van der Waals surface area contributed by atoms with Crippen molar-refractivity contribution in [2.75, 3.05) is 0 Å². The average Bonchev–Trinajstić information content (AvgIpc) is 2.74. The topological polar surface area (TPSA) is 68.0 Å². The third kappa shape index (κ3) is 2.87. The Morgan fingerprint density at radius 3 is 2.53 bits per heavy atom. The Balaban J connectivity index is 2.63. The van der Waals surface area contributed by atoms with E-state index in [0.29, 0.717) is 12.2 Å². The van der Waals surface area contributed by atoms with Crippen LogP contribution >= 0.6 is 31.9 Å². The molecule has 1 N–H and O–H groups in total. The molecule has 5 nitrogen and oxygen atoms in total. The van der Waals surface area contributed by atoms with Gasteiger partial charge in [-0.05, 0) is 50.4 Å². The van der Waals surface area contributed by atoms with Gasteiger partial charge in [-0.1, -0.05) is 13.0 Å². The lowest BCUT2D eigenvalue weighted by atomic mass is 10.3. The highest BCUT2D eigenvalue weighted by atomic mass is 79.9. The molecule has 0 saturated carbocycles. The van der Waals surface area contributed by atoms with Crippen LogP contribution in [0.3, 0.4) is 0 Å². The fourth-order valence-corrected chi connectivity index (χ4v) is 3.03. The summed E-state index contributed by atoms with van der Waals surface area (Å²) in [6.45, 7) is 2.01. The van der Waals surface area contributed by atoms with Crippen molar-refractivity contribution in [3.05, 3.63) is 38.8 Å². The highest BCUT2D eigenvalue weighted by molar-refractivity contribution is 9.11. The molecule has 0 aliphatic rings. The van der Waals surface area contributed by atoms with Crippen LogP contribution in [0.1, 0.15) is 29.8 Å². The second-order valence-electron chi connectivity index (χ2n) is 3.89. The predicted octanol–water partition coefficient (Wildman–Crippen LogP) is 3.44. The van der Waals surface area contributed by atoms with Gasteiger partial charge in [0.15, 0.2) is 0 Å². The number of rotatable bonds is 4. The minimum absolute atomic E-state index is 0.189. The molecular weight excluding hydrogens is 378 g/mol. The van der Waals surface area contributed by atoms with E-state index in [1.807, 2.05) is 25.1 Å². The third-order valence-electron chi connectivity index (χ3n) is 2.49. The first-order valence-electron chi connectivity index (χ1n) is 5.68. The molecular formula is C12H11Br2N3O2. The highest BCUT2D eigenvalue weighted by Crippen LogP contribution is 2.29. The van der Waals surface area contributed by atoms with Gasteiger partial charge in [0.1, 0.15) is 5.82 Å². The number of aromatic nitrogens is 3. The molecule has 0 radical (unpaired) electrons. The Morgan fingerprint density at radius 2 is 2.00 bits per heavy atom. The second kappa shape index (κ2) is 5.83. The maximum Gasteiger partial charge on any atom is 0.375 e. The first-order valence-corrected chi connectivity index (χ1v) is 7.26. The van der Waals surface area contributed by atoms with E-state index < -0.39 is 5.97 Å². The molecule has 1 aromatic carbocycles. The van der Waals surface area contributed by atoms with Gasteiger partial charge in [0.25, 0.3) is 5.82 Å². The second-order valence-corrected chi connectivity index (χ2v) is 5.60. The van der Waals surface area contributed by atoms with E-state index in [4.69, 9.17) is 5.11 Å². The van der Waals surface area contributed by atoms with Crippen molar-refractivity contribution in [1.29, 1.82) is 0 Å². The Morgan fingerprint density at radius 1 is 1.37 bits per heavy atom. The number of hydrogen-bond donors (Lipinski definition) is 1. The smallest absolute Gasteiger partial charge is 0.375 e. The van der Waals surface area contributed by atoms with Crippen LogP contribution in [-0.2, 0) is 6.42 Å². The number of aryl methyl sites for hydroxylation is 1. The van der Waals surface area contributed by atoms with Crippen LogP contribution in [0.25, 0.3) is 5.69 Å². The van der Waals surface area contributed by atoms with Crippen LogP contribution in [0, 0.1) is 0 Å². The van der Waals surface area contributed by atoms with Crippen molar-refractivity contribution >= 4 is 37.8 Å². The summed E-state index contributed by atoms with van der Waals surface area (Å²) in [4.78, 5) is 15.1. The molecule has 7 heteroatoms. The van der Waals surface area contributed by atoms with E-state index in [9.17, 15) is 4.79 Å². The first-order chi connectivity index (χ1) is 9.04. The van der Waals surface area contributed by atoms with Gasteiger partial charge in [-0.2, -0.15) is 0 Å². The molecule has 19 heavy (non-hydrogen) atoms. The van der Waals surface area contributed by atoms with Crippen LogP contribution in [-0.4, -0.2) is 25.8 Å². The lowest BCUT2D eigenvalue weighted by molar-refractivity contribution is 0.0683. The van der Waals surface area contributed by atoms with Gasteiger partial charge in [-0.25, -0.2) is 14.5 Å². The van der Waals surface area contributed by atoms with E-state index in [1.54, 1.807) is 4.68 Å². The lowest BCUT2D eigenvalue weighted by Crippen LogP contribution is -2.05. The van der Waals surface area contributed by atoms with Crippen molar-refractivity contribution in [3.8, 4) is 5.69 Å². The zero-order valence-corrected chi connectivity index (χ0v) is 13.3. The number of carbonyl (C=O) groups is 1. The molecule has 0 amide bonds. The van der Waals surface area contributed by atoms with Crippen LogP contribution in [0.2, 0.25) is 0 Å². The van der Waals surface area contributed by atoms with Crippen molar-refractivity contribution in [3.63, 3.8) is 0 Å². The standard InChI is InChI=1S/C12H11Br2N3O2/c1-2-4-9-15-11(12(18)19)16-17(9)10-7(13)5-3-6-8(10)14/h3,5-6H,2,4H2,1H3,(H,18,19). The molecule has 0 fully saturated rings. The normalized spacial score (nSPS) is 10.7. The summed E-state index contributed by atoms with van der Waals surface area (Å²) in [5, 5.41) is 13.1. The zero-order chi connectivity index (χ0) is 14.0. The molecule has 2 aromatic rings. The number of hydrogen-bond acceptors (Lipinski definition) is 3. The summed E-state index contributed by atoms with van der Waals surface area (Å²) in [5.74, 6) is -0.683. The third-order valence-corrected chi connectivity index (χ3v) is 3.77. The van der Waals surface area contributed by atoms with Gasteiger partial charge in [0.2, 0.25) is 0 Å². The largest absolute Gasteiger partial charge is 0.475 e. The van der Waals surface area contributed by atoms with Crippen molar-refractivity contribution in [2.45, 2.75) is 19.8 Å². The molecule has 0 spiro atoms. The Bertz CT molecular complexity index is 605. The van der Waals surface area contributed by atoms with E-state index in [1.165, 1.54) is 0 Å². The number of benzene rings is 1. The lowest BCUT2D eigenvalue weighted by Gasteiger charge is -2.09. The van der Waals surface area contributed by atoms with E-state index in [-0.39, 0.29) is 5.82 Å². The van der Waals surface area contributed by atoms with Crippen molar-refractivity contribution in [1.82, 2.24) is 14.8 Å². The fraction of sp³-hybridized carbons (Fsp3) is 0.250. The van der Waals surface area contributed by atoms with Crippen LogP contribution in [0.15, 0.2) is 27.1 Å². The van der Waals surface area contributed by atoms with Crippen LogP contribution in [0.4, 0.5) is 0 Å². The molecule has 1 heterocycles. The van der Waals surface area contributed by atoms with Crippen LogP contribution < -0.4 is 0 Å². The maximum absolute atomic E-state index is 11.0. The number of carboxylic acids is 1. The quantitative estimate of drug-likeness (QED) is 0.870. The van der Waals surface area contributed by atoms with E-state index >= 15 is 0 Å². The molecule has 1 aromatic heterocycles. The van der Waals surface area contributed by atoms with Gasteiger partial charge in [-0.3, -0.25) is 0 Å². The minimum Gasteiger partial charge on any atom is -0.475 e. The summed E-state index contributed by atoms with van der Waals surface area (Å²) >= 11 is 6.90. The zero-order valence-electron chi connectivity index (χ0n) is 10.1. The first kappa shape index (κ1) is 14.2. The Hall–Kier alpha value is -1.21.